The number of carbonyl (C=O) groups excluding carboxylic acids is 2. The van der Waals surface area contributed by atoms with Crippen molar-refractivity contribution in [2.75, 3.05) is 26.4 Å². The molecule has 20 atom stereocenters. The van der Waals surface area contributed by atoms with Crippen molar-refractivity contribution in [3.63, 3.8) is 0 Å². The Morgan fingerprint density at radius 2 is 0.961 bits per heavy atom. The fourth-order valence-corrected chi connectivity index (χ4v) is 6.25. The van der Waals surface area contributed by atoms with Gasteiger partial charge in [-0.3, -0.25) is 9.59 Å². The fraction of sp³-hybridized carbons (Fsp3) is 0.929. The van der Waals surface area contributed by atoms with Crippen LogP contribution in [0.5, 0.6) is 0 Å². The third-order valence-electron chi connectivity index (χ3n) is 8.99. The summed E-state index contributed by atoms with van der Waals surface area (Å²) in [5.74, 6) is -1.32. The van der Waals surface area contributed by atoms with E-state index in [1.54, 1.807) is 0 Å². The molecule has 4 aliphatic rings. The minimum absolute atomic E-state index is 0.619. The van der Waals surface area contributed by atoms with Crippen molar-refractivity contribution < 1.29 is 104 Å². The molecule has 0 aromatic carbocycles. The number of carbonyl (C=O) groups is 2. The van der Waals surface area contributed by atoms with Crippen LogP contribution in [0.2, 0.25) is 0 Å². The van der Waals surface area contributed by atoms with E-state index in [1.165, 1.54) is 0 Å². The van der Waals surface area contributed by atoms with Crippen molar-refractivity contribution in [1.82, 2.24) is 10.6 Å². The summed E-state index contributed by atoms with van der Waals surface area (Å²) in [4.78, 5) is 23.5. The Hall–Kier alpha value is -1.82. The van der Waals surface area contributed by atoms with E-state index in [2.05, 4.69) is 10.6 Å². The van der Waals surface area contributed by atoms with Gasteiger partial charge in [0.15, 0.2) is 25.2 Å². The van der Waals surface area contributed by atoms with E-state index < -0.39 is 161 Å². The van der Waals surface area contributed by atoms with Crippen LogP contribution in [0.15, 0.2) is 0 Å². The highest BCUT2D eigenvalue weighted by atomic mass is 16.8. The van der Waals surface area contributed by atoms with Gasteiger partial charge in [-0.1, -0.05) is 0 Å². The number of ether oxygens (including phenoxy) is 7. The number of aliphatic hydroxyl groups is 12. The van der Waals surface area contributed by atoms with Crippen LogP contribution < -0.4 is 10.6 Å². The first-order chi connectivity index (χ1) is 24.0. The normalized spacial score (nSPS) is 47.8. The van der Waals surface area contributed by atoms with Gasteiger partial charge in [0.05, 0.1) is 26.4 Å². The van der Waals surface area contributed by atoms with Crippen molar-refractivity contribution in [3.05, 3.63) is 0 Å². The van der Waals surface area contributed by atoms with Crippen molar-refractivity contribution in [1.29, 1.82) is 0 Å². The summed E-state index contributed by atoms with van der Waals surface area (Å²) < 4.78 is 38.8. The molecule has 0 bridgehead atoms. The van der Waals surface area contributed by atoms with Gasteiger partial charge in [-0.2, -0.15) is 0 Å². The van der Waals surface area contributed by atoms with Gasteiger partial charge in [-0.25, -0.2) is 0 Å². The molecule has 0 radical (unpaired) electrons. The summed E-state index contributed by atoms with van der Waals surface area (Å²) in [6, 6.07) is -2.86. The number of nitrogens with one attached hydrogen (secondary N) is 2. The molecule has 0 aromatic heterocycles. The molecule has 23 heteroatoms. The Morgan fingerprint density at radius 3 is 1.49 bits per heavy atom. The van der Waals surface area contributed by atoms with Gasteiger partial charge < -0.3 is 105 Å². The molecule has 4 fully saturated rings. The monoisotopic (exact) mass is 748 g/mol. The lowest BCUT2D eigenvalue weighted by Gasteiger charge is -2.49. The lowest BCUT2D eigenvalue weighted by atomic mass is 9.95. The maximum atomic E-state index is 12.1. The molecule has 2 amide bonds. The third-order valence-corrected chi connectivity index (χ3v) is 8.99. The summed E-state index contributed by atoms with van der Waals surface area (Å²) in [5, 5.41) is 129. The van der Waals surface area contributed by atoms with E-state index in [-0.39, 0.29) is 0 Å². The largest absolute Gasteiger partial charge is 0.394 e. The molecule has 4 saturated heterocycles. The smallest absolute Gasteiger partial charge is 0.217 e. The van der Waals surface area contributed by atoms with E-state index >= 15 is 0 Å². The second kappa shape index (κ2) is 18.0. The van der Waals surface area contributed by atoms with E-state index in [9.17, 15) is 70.9 Å². The molecule has 4 heterocycles. The first-order valence-corrected chi connectivity index (χ1v) is 16.1. The van der Waals surface area contributed by atoms with Crippen LogP contribution in [-0.2, 0) is 42.7 Å². The first-order valence-electron chi connectivity index (χ1n) is 16.1. The van der Waals surface area contributed by atoms with Crippen molar-refractivity contribution in [2.24, 2.45) is 0 Å². The van der Waals surface area contributed by atoms with Gasteiger partial charge in [0.1, 0.15) is 97.5 Å². The second-order valence-electron chi connectivity index (χ2n) is 12.7. The lowest BCUT2D eigenvalue weighted by molar-refractivity contribution is -0.375. The Morgan fingerprint density at radius 1 is 0.510 bits per heavy atom. The highest BCUT2D eigenvalue weighted by Gasteiger charge is 2.54. The average Bonchev–Trinajstić information content (AvgIpc) is 3.09. The van der Waals surface area contributed by atoms with Crippen molar-refractivity contribution in [2.45, 2.75) is 137 Å². The van der Waals surface area contributed by atoms with Crippen LogP contribution in [0, 0.1) is 0 Å². The minimum Gasteiger partial charge on any atom is -0.394 e. The molecular weight excluding hydrogens is 700 g/mol. The number of hydrogen-bond acceptors (Lipinski definition) is 21. The average molecular weight is 749 g/mol. The SMILES string of the molecule is CC(=O)N[C@H]1[C@H](OC[C@H]2OC(O)[C@H](NC(C)=O)[C@@H](O)[C@H]2O)O[C@H](CO)[C@@H](O[C@@H]2O[C@H](CO)[C@H](O[C@@H]3O[C@H](CO)[C@H](O)[C@H](O)[C@H]3O)[C@H](O)[C@H]2O)[C@@H]1O. The Labute approximate surface area is 289 Å². The first kappa shape index (κ1) is 41.9. The quantitative estimate of drug-likeness (QED) is 0.0881. The van der Waals surface area contributed by atoms with Gasteiger partial charge in [0, 0.05) is 13.8 Å². The summed E-state index contributed by atoms with van der Waals surface area (Å²) in [6.07, 6.45) is -30.8. The Bertz CT molecular complexity index is 1140. The molecule has 4 aliphatic heterocycles. The van der Waals surface area contributed by atoms with Gasteiger partial charge in [-0.05, 0) is 0 Å². The van der Waals surface area contributed by atoms with Crippen LogP contribution in [0.4, 0.5) is 0 Å². The Balaban J connectivity index is 1.45. The zero-order valence-corrected chi connectivity index (χ0v) is 27.4. The molecule has 1 unspecified atom stereocenters. The number of hydrogen-bond donors (Lipinski definition) is 14. The van der Waals surface area contributed by atoms with Crippen molar-refractivity contribution >= 4 is 11.8 Å². The van der Waals surface area contributed by atoms with Gasteiger partial charge >= 0.3 is 0 Å². The standard InChI is InChI=1S/C28H48N2O21/c1-7(34)29-13-17(38)16(37)12(46-25(13)44)6-45-26-14(30-8(2)35)18(39)23(10(4-32)48-26)50-28-22(43)20(41)24(11(5-33)49-28)51-27-21(42)19(40)15(36)9(3-31)47-27/h9-28,31-33,36-44H,3-6H2,1-2H3,(H,29,34)(H,30,35)/t9-,10-,11-,12-,13-,14-,15+,16+,17-,18-,19+,20-,21-,22-,23-,24+,25?,26-,27+,28+/m1/s1. The maximum absolute atomic E-state index is 12.1. The molecule has 51 heavy (non-hydrogen) atoms. The van der Waals surface area contributed by atoms with Crippen LogP contribution in [0.25, 0.3) is 0 Å². The molecule has 14 N–H and O–H groups in total. The number of rotatable bonds is 12. The molecule has 23 nitrogen and oxygen atoms in total. The molecule has 0 saturated carbocycles. The van der Waals surface area contributed by atoms with Crippen LogP contribution >= 0.6 is 0 Å². The van der Waals surface area contributed by atoms with E-state index in [0.717, 1.165) is 13.8 Å². The molecule has 0 aromatic rings. The maximum Gasteiger partial charge on any atom is 0.217 e. The van der Waals surface area contributed by atoms with E-state index in [4.69, 9.17) is 33.2 Å². The molecule has 0 spiro atoms. The zero-order valence-electron chi connectivity index (χ0n) is 27.4. The van der Waals surface area contributed by atoms with Gasteiger partial charge in [0.25, 0.3) is 0 Å². The van der Waals surface area contributed by atoms with E-state index in [1.807, 2.05) is 0 Å². The van der Waals surface area contributed by atoms with Crippen LogP contribution in [-0.4, -0.2) is 222 Å². The zero-order chi connectivity index (χ0) is 37.9. The third kappa shape index (κ3) is 9.29. The van der Waals surface area contributed by atoms with Gasteiger partial charge in [0.2, 0.25) is 11.8 Å². The predicted octanol–water partition coefficient (Wildman–Crippen LogP) is -9.46. The van der Waals surface area contributed by atoms with E-state index in [0.29, 0.717) is 0 Å². The fourth-order valence-electron chi connectivity index (χ4n) is 6.25. The molecular formula is C28H48N2O21. The summed E-state index contributed by atoms with van der Waals surface area (Å²) in [7, 11) is 0. The summed E-state index contributed by atoms with van der Waals surface area (Å²) in [6.45, 7) is -0.965. The summed E-state index contributed by atoms with van der Waals surface area (Å²) in [5.41, 5.74) is 0. The Kier molecular flexibility index (Phi) is 14.8. The van der Waals surface area contributed by atoms with Crippen molar-refractivity contribution in [3.8, 4) is 0 Å². The van der Waals surface area contributed by atoms with Gasteiger partial charge in [-0.15, -0.1) is 0 Å². The minimum atomic E-state index is -2.02. The molecule has 296 valence electrons. The molecule has 4 rings (SSSR count). The van der Waals surface area contributed by atoms with Crippen LogP contribution in [0.1, 0.15) is 13.8 Å². The molecule has 0 aliphatic carbocycles. The topological polar surface area (TPSA) is 366 Å². The lowest BCUT2D eigenvalue weighted by Crippen LogP contribution is -2.68. The number of aliphatic hydroxyl groups excluding tert-OH is 12. The highest BCUT2D eigenvalue weighted by molar-refractivity contribution is 5.73. The summed E-state index contributed by atoms with van der Waals surface area (Å²) >= 11 is 0. The van der Waals surface area contributed by atoms with Crippen LogP contribution in [0.3, 0.4) is 0 Å². The number of amides is 2. The predicted molar refractivity (Wildman–Crippen MR) is 157 cm³/mol. The highest BCUT2D eigenvalue weighted by Crippen LogP contribution is 2.33. The second-order valence-corrected chi connectivity index (χ2v) is 12.7.